The Kier molecular flexibility index (Phi) is 1.61. The second-order valence-electron chi connectivity index (χ2n) is 2.57. The largest absolute Gasteiger partial charge is 0.384 e. The second kappa shape index (κ2) is 2.64. The first kappa shape index (κ1) is 7.90. The zero-order valence-corrected chi connectivity index (χ0v) is 7.26. The summed E-state index contributed by atoms with van der Waals surface area (Å²) in [6.45, 7) is 0. The normalized spacial score (nSPS) is 10.2. The summed E-state index contributed by atoms with van der Waals surface area (Å²) in [5.74, 6) is 0.337. The Hall–Kier alpha value is -1.73. The number of H-pyrrole nitrogens is 1. The quantitative estimate of drug-likeness (QED) is 0.667. The Labute approximate surface area is 78.9 Å². The maximum absolute atomic E-state index is 8.73. The molecule has 0 amide bonds. The van der Waals surface area contributed by atoms with Crippen molar-refractivity contribution in [1.82, 2.24) is 9.97 Å². The highest BCUT2D eigenvalue weighted by atomic mass is 35.5. The summed E-state index contributed by atoms with van der Waals surface area (Å²) in [6.07, 6.45) is 1.56. The van der Waals surface area contributed by atoms with Gasteiger partial charge >= 0.3 is 0 Å². The Morgan fingerprint density at radius 1 is 1.62 bits per heavy atom. The van der Waals surface area contributed by atoms with Gasteiger partial charge in [-0.3, -0.25) is 0 Å². The summed E-state index contributed by atoms with van der Waals surface area (Å²) >= 11 is 5.90. The van der Waals surface area contributed by atoms with E-state index in [-0.39, 0.29) is 0 Å². The van der Waals surface area contributed by atoms with Crippen LogP contribution in [0.3, 0.4) is 0 Å². The average molecular weight is 193 g/mol. The fourth-order valence-electron chi connectivity index (χ4n) is 1.19. The van der Waals surface area contributed by atoms with E-state index in [9.17, 15) is 0 Å². The number of pyridine rings is 1. The maximum atomic E-state index is 8.73. The van der Waals surface area contributed by atoms with Gasteiger partial charge in [-0.05, 0) is 6.07 Å². The van der Waals surface area contributed by atoms with Crippen LogP contribution in [0.25, 0.3) is 11.0 Å². The van der Waals surface area contributed by atoms with Crippen LogP contribution in [-0.4, -0.2) is 9.97 Å². The van der Waals surface area contributed by atoms with Gasteiger partial charge in [0.2, 0.25) is 0 Å². The first-order valence-electron chi connectivity index (χ1n) is 3.55. The van der Waals surface area contributed by atoms with E-state index < -0.39 is 0 Å². The molecule has 2 aromatic rings. The van der Waals surface area contributed by atoms with Crippen molar-refractivity contribution in [3.63, 3.8) is 0 Å². The van der Waals surface area contributed by atoms with Crippen LogP contribution in [0.1, 0.15) is 5.56 Å². The molecule has 64 valence electrons. The van der Waals surface area contributed by atoms with Gasteiger partial charge in [0.1, 0.15) is 17.5 Å². The standard InChI is InChI=1S/C8H5ClN4/c9-5-1-6(11)13-8-7(5)4(2-10)3-12-8/h1,3H,(H3,11,12,13). The van der Waals surface area contributed by atoms with Gasteiger partial charge in [0.25, 0.3) is 0 Å². The molecule has 2 heterocycles. The van der Waals surface area contributed by atoms with Crippen molar-refractivity contribution in [3.05, 3.63) is 22.8 Å². The van der Waals surface area contributed by atoms with Gasteiger partial charge in [-0.25, -0.2) is 4.98 Å². The van der Waals surface area contributed by atoms with Crippen LogP contribution >= 0.6 is 11.6 Å². The van der Waals surface area contributed by atoms with E-state index in [0.717, 1.165) is 0 Å². The topological polar surface area (TPSA) is 78.5 Å². The van der Waals surface area contributed by atoms with E-state index in [1.54, 1.807) is 6.20 Å². The number of fused-ring (bicyclic) bond motifs is 1. The summed E-state index contributed by atoms with van der Waals surface area (Å²) in [5.41, 5.74) is 6.50. The molecule has 2 rings (SSSR count). The molecule has 3 N–H and O–H groups in total. The van der Waals surface area contributed by atoms with Crippen molar-refractivity contribution in [3.8, 4) is 6.07 Å². The van der Waals surface area contributed by atoms with E-state index in [4.69, 9.17) is 22.6 Å². The van der Waals surface area contributed by atoms with Crippen molar-refractivity contribution in [2.75, 3.05) is 5.73 Å². The molecule has 0 aliphatic carbocycles. The van der Waals surface area contributed by atoms with Crippen LogP contribution in [-0.2, 0) is 0 Å². The molecule has 0 saturated heterocycles. The number of halogens is 1. The number of nitrogen functional groups attached to an aromatic ring is 1. The van der Waals surface area contributed by atoms with Gasteiger partial charge in [0.15, 0.2) is 0 Å². The van der Waals surface area contributed by atoms with Crippen molar-refractivity contribution in [2.45, 2.75) is 0 Å². The van der Waals surface area contributed by atoms with Crippen molar-refractivity contribution in [2.24, 2.45) is 0 Å². The number of anilines is 1. The first-order chi connectivity index (χ1) is 6.22. The maximum Gasteiger partial charge on any atom is 0.142 e. The molecule has 0 spiro atoms. The third-order valence-electron chi connectivity index (χ3n) is 1.73. The Balaban J connectivity index is 2.92. The molecular weight excluding hydrogens is 188 g/mol. The SMILES string of the molecule is N#Cc1c[nH]c2nc(N)cc(Cl)c12. The number of nitrogens with two attached hydrogens (primary N) is 1. The summed E-state index contributed by atoms with van der Waals surface area (Å²) in [5, 5.41) is 9.80. The molecule has 0 radical (unpaired) electrons. The van der Waals surface area contributed by atoms with Crippen molar-refractivity contribution in [1.29, 1.82) is 5.26 Å². The molecule has 13 heavy (non-hydrogen) atoms. The van der Waals surface area contributed by atoms with E-state index in [1.165, 1.54) is 6.07 Å². The minimum atomic E-state index is 0.337. The molecule has 2 aromatic heterocycles. The van der Waals surface area contributed by atoms with E-state index in [2.05, 4.69) is 9.97 Å². The van der Waals surface area contributed by atoms with E-state index in [0.29, 0.717) is 27.4 Å². The lowest BCUT2D eigenvalue weighted by atomic mass is 10.2. The lowest BCUT2D eigenvalue weighted by molar-refractivity contribution is 1.33. The van der Waals surface area contributed by atoms with Crippen molar-refractivity contribution < 1.29 is 0 Å². The molecule has 0 aromatic carbocycles. The van der Waals surface area contributed by atoms with Crippen LogP contribution in [0.4, 0.5) is 5.82 Å². The van der Waals surface area contributed by atoms with Gasteiger partial charge in [0, 0.05) is 6.20 Å². The van der Waals surface area contributed by atoms with Crippen LogP contribution in [0.2, 0.25) is 5.02 Å². The molecule has 0 bridgehead atoms. The molecular formula is C8H5ClN4. The molecule has 0 aliphatic heterocycles. The number of rotatable bonds is 0. The molecule has 0 unspecified atom stereocenters. The number of hydrogen-bond acceptors (Lipinski definition) is 3. The fourth-order valence-corrected chi connectivity index (χ4v) is 1.50. The van der Waals surface area contributed by atoms with Crippen molar-refractivity contribution >= 4 is 28.5 Å². The van der Waals surface area contributed by atoms with Crippen LogP contribution in [0, 0.1) is 11.3 Å². The molecule has 0 aliphatic rings. The third kappa shape index (κ3) is 1.10. The van der Waals surface area contributed by atoms with Crippen LogP contribution in [0.15, 0.2) is 12.3 Å². The molecule has 0 saturated carbocycles. The van der Waals surface area contributed by atoms with Gasteiger partial charge < -0.3 is 10.7 Å². The highest BCUT2D eigenvalue weighted by Gasteiger charge is 2.08. The smallest absolute Gasteiger partial charge is 0.142 e. The lowest BCUT2D eigenvalue weighted by Crippen LogP contribution is -1.90. The summed E-state index contributed by atoms with van der Waals surface area (Å²) < 4.78 is 0. The molecule has 0 atom stereocenters. The number of nitrogens with one attached hydrogen (secondary N) is 1. The van der Waals surface area contributed by atoms with Gasteiger partial charge in [0.05, 0.1) is 16.0 Å². The Morgan fingerprint density at radius 3 is 3.08 bits per heavy atom. The third-order valence-corrected chi connectivity index (χ3v) is 2.03. The van der Waals surface area contributed by atoms with Gasteiger partial charge in [-0.2, -0.15) is 5.26 Å². The molecule has 0 fully saturated rings. The molecule has 4 nitrogen and oxygen atoms in total. The summed E-state index contributed by atoms with van der Waals surface area (Å²) in [6, 6.07) is 3.54. The predicted octanol–water partition coefficient (Wildman–Crippen LogP) is 1.67. The lowest BCUT2D eigenvalue weighted by Gasteiger charge is -1.95. The first-order valence-corrected chi connectivity index (χ1v) is 3.93. The van der Waals surface area contributed by atoms with E-state index in [1.807, 2.05) is 6.07 Å². The average Bonchev–Trinajstić information content (AvgIpc) is 2.47. The van der Waals surface area contributed by atoms with Gasteiger partial charge in [-0.15, -0.1) is 0 Å². The number of nitrogens with zero attached hydrogens (tertiary/aromatic N) is 2. The number of aromatic nitrogens is 2. The van der Waals surface area contributed by atoms with Crippen LogP contribution in [0.5, 0.6) is 0 Å². The predicted molar refractivity (Wildman–Crippen MR) is 50.2 cm³/mol. The number of nitriles is 1. The second-order valence-corrected chi connectivity index (χ2v) is 2.97. The Morgan fingerprint density at radius 2 is 2.38 bits per heavy atom. The van der Waals surface area contributed by atoms with Crippen LogP contribution < -0.4 is 5.73 Å². The summed E-state index contributed by atoms with van der Waals surface area (Å²) in [7, 11) is 0. The number of hydrogen-bond donors (Lipinski definition) is 2. The summed E-state index contributed by atoms with van der Waals surface area (Å²) in [4.78, 5) is 6.81. The monoisotopic (exact) mass is 192 g/mol. The highest BCUT2D eigenvalue weighted by Crippen LogP contribution is 2.26. The van der Waals surface area contributed by atoms with E-state index >= 15 is 0 Å². The fraction of sp³-hybridized carbons (Fsp3) is 0. The van der Waals surface area contributed by atoms with Gasteiger partial charge in [-0.1, -0.05) is 11.6 Å². The Bertz CT molecular complexity index is 509. The zero-order chi connectivity index (χ0) is 9.42. The minimum absolute atomic E-state index is 0.337. The number of aromatic amines is 1. The zero-order valence-electron chi connectivity index (χ0n) is 6.50. The molecule has 5 heteroatoms. The highest BCUT2D eigenvalue weighted by molar-refractivity contribution is 6.35. The minimum Gasteiger partial charge on any atom is -0.384 e.